The number of halogens is 3. The van der Waals surface area contributed by atoms with E-state index < -0.39 is 11.7 Å². The van der Waals surface area contributed by atoms with Gasteiger partial charge in [0.2, 0.25) is 11.9 Å². The largest absolute Gasteiger partial charge is 0.497 e. The van der Waals surface area contributed by atoms with Crippen molar-refractivity contribution in [3.63, 3.8) is 0 Å². The van der Waals surface area contributed by atoms with Crippen molar-refractivity contribution in [1.82, 2.24) is 15.3 Å². The lowest BCUT2D eigenvalue weighted by Crippen LogP contribution is -2.30. The molecule has 0 spiro atoms. The Labute approximate surface area is 189 Å². The summed E-state index contributed by atoms with van der Waals surface area (Å²) in [5.41, 5.74) is 1.37. The first kappa shape index (κ1) is 23.8. The van der Waals surface area contributed by atoms with Crippen molar-refractivity contribution in [2.75, 3.05) is 30.8 Å². The van der Waals surface area contributed by atoms with Crippen LogP contribution in [0.5, 0.6) is 5.75 Å². The van der Waals surface area contributed by atoms with Gasteiger partial charge in [-0.15, -0.1) is 0 Å². The Morgan fingerprint density at radius 1 is 1.00 bits per heavy atom. The van der Waals surface area contributed by atoms with Crippen molar-refractivity contribution in [1.29, 1.82) is 0 Å². The van der Waals surface area contributed by atoms with Gasteiger partial charge in [0.25, 0.3) is 0 Å². The highest BCUT2D eigenvalue weighted by atomic mass is 19.4. The van der Waals surface area contributed by atoms with E-state index in [0.29, 0.717) is 30.4 Å². The number of nitrogens with zero attached hydrogens (tertiary/aromatic N) is 2. The molecule has 0 saturated heterocycles. The molecule has 0 radical (unpaired) electrons. The third-order valence-corrected chi connectivity index (χ3v) is 4.59. The van der Waals surface area contributed by atoms with E-state index in [0.717, 1.165) is 29.3 Å². The molecule has 0 aliphatic carbocycles. The highest BCUT2D eigenvalue weighted by molar-refractivity contribution is 5.78. The molecule has 10 heteroatoms. The van der Waals surface area contributed by atoms with Crippen molar-refractivity contribution in [3.05, 3.63) is 71.4 Å². The lowest BCUT2D eigenvalue weighted by Gasteiger charge is -2.11. The Bertz CT molecular complexity index is 1070. The smallest absolute Gasteiger partial charge is 0.416 e. The maximum atomic E-state index is 12.6. The number of ether oxygens (including phenoxy) is 1. The number of aryl methyl sites for hydroxylation is 1. The minimum Gasteiger partial charge on any atom is -0.497 e. The van der Waals surface area contributed by atoms with E-state index >= 15 is 0 Å². The Balaban J connectivity index is 1.46. The number of nitrogens with one attached hydrogen (secondary N) is 3. The molecular formula is C23H24F3N5O2. The number of aromatic nitrogens is 2. The van der Waals surface area contributed by atoms with Crippen LogP contribution in [0.1, 0.15) is 16.8 Å². The van der Waals surface area contributed by atoms with Crippen molar-refractivity contribution >= 4 is 23.4 Å². The summed E-state index contributed by atoms with van der Waals surface area (Å²) in [6.45, 7) is 2.53. The van der Waals surface area contributed by atoms with Gasteiger partial charge in [0.05, 0.1) is 19.1 Å². The van der Waals surface area contributed by atoms with Gasteiger partial charge in [0, 0.05) is 30.5 Å². The lowest BCUT2D eigenvalue weighted by atomic mass is 10.1. The number of carbonyl (C=O) groups is 1. The summed E-state index contributed by atoms with van der Waals surface area (Å²) in [6.07, 6.45) is -4.40. The van der Waals surface area contributed by atoms with Crippen LogP contribution in [0, 0.1) is 6.92 Å². The fourth-order valence-electron chi connectivity index (χ4n) is 2.97. The zero-order chi connectivity index (χ0) is 23.8. The standard InChI is InChI=1S/C23H24F3N5O2/c1-15-13-20(30-18-7-9-19(33-2)10-8-18)31-22(29-15)28-12-11-27-21(32)14-16-3-5-17(6-4-16)23(24,25)26/h3-10,13H,11-12,14H2,1-2H3,(H,27,32)(H2,28,29,30,31). The van der Waals surface area contributed by atoms with Crippen LogP contribution in [0.25, 0.3) is 0 Å². The van der Waals surface area contributed by atoms with E-state index in [4.69, 9.17) is 4.74 Å². The Morgan fingerprint density at radius 3 is 2.33 bits per heavy atom. The first-order chi connectivity index (χ1) is 15.7. The summed E-state index contributed by atoms with van der Waals surface area (Å²) in [4.78, 5) is 20.8. The molecule has 3 aromatic rings. The average Bonchev–Trinajstić information content (AvgIpc) is 2.77. The first-order valence-corrected chi connectivity index (χ1v) is 10.2. The monoisotopic (exact) mass is 459 g/mol. The van der Waals surface area contributed by atoms with Crippen LogP contribution in [0.2, 0.25) is 0 Å². The minimum atomic E-state index is -4.39. The highest BCUT2D eigenvalue weighted by Gasteiger charge is 2.29. The van der Waals surface area contributed by atoms with Gasteiger partial charge in [0.15, 0.2) is 0 Å². The molecule has 3 N–H and O–H groups in total. The van der Waals surface area contributed by atoms with E-state index in [-0.39, 0.29) is 12.3 Å². The minimum absolute atomic E-state index is 0.00495. The van der Waals surface area contributed by atoms with Gasteiger partial charge in [-0.25, -0.2) is 4.98 Å². The number of rotatable bonds is 9. The fraction of sp³-hybridized carbons (Fsp3) is 0.261. The number of carbonyl (C=O) groups excluding carboxylic acids is 1. The molecule has 3 rings (SSSR count). The highest BCUT2D eigenvalue weighted by Crippen LogP contribution is 2.29. The summed E-state index contributed by atoms with van der Waals surface area (Å²) in [5.74, 6) is 1.48. The van der Waals surface area contributed by atoms with Crippen LogP contribution >= 0.6 is 0 Å². The number of anilines is 3. The quantitative estimate of drug-likeness (QED) is 0.413. The first-order valence-electron chi connectivity index (χ1n) is 10.2. The predicted molar refractivity (Wildman–Crippen MR) is 120 cm³/mol. The number of alkyl halides is 3. The maximum absolute atomic E-state index is 12.6. The topological polar surface area (TPSA) is 88.2 Å². The van der Waals surface area contributed by atoms with E-state index in [1.54, 1.807) is 13.2 Å². The summed E-state index contributed by atoms with van der Waals surface area (Å²) in [6, 6.07) is 13.8. The van der Waals surface area contributed by atoms with Gasteiger partial charge in [-0.3, -0.25) is 4.79 Å². The zero-order valence-corrected chi connectivity index (χ0v) is 18.2. The molecule has 1 aromatic heterocycles. The summed E-state index contributed by atoms with van der Waals surface area (Å²) < 4.78 is 43.0. The van der Waals surface area contributed by atoms with Gasteiger partial charge >= 0.3 is 6.18 Å². The number of methoxy groups -OCH3 is 1. The number of amides is 1. The second-order valence-corrected chi connectivity index (χ2v) is 7.22. The maximum Gasteiger partial charge on any atom is 0.416 e. The molecule has 7 nitrogen and oxygen atoms in total. The van der Waals surface area contributed by atoms with E-state index in [1.165, 1.54) is 12.1 Å². The Morgan fingerprint density at radius 2 is 1.70 bits per heavy atom. The molecule has 0 unspecified atom stereocenters. The van der Waals surface area contributed by atoms with Crippen LogP contribution in [0.4, 0.5) is 30.6 Å². The van der Waals surface area contributed by atoms with Crippen molar-refractivity contribution in [2.45, 2.75) is 19.5 Å². The Kier molecular flexibility index (Phi) is 7.70. The van der Waals surface area contributed by atoms with Gasteiger partial charge in [-0.2, -0.15) is 18.2 Å². The molecular weight excluding hydrogens is 435 g/mol. The van der Waals surface area contributed by atoms with Gasteiger partial charge in [-0.05, 0) is 48.9 Å². The SMILES string of the molecule is COc1ccc(Nc2cc(C)nc(NCCNC(=O)Cc3ccc(C(F)(F)F)cc3)n2)cc1. The van der Waals surface area contributed by atoms with E-state index in [2.05, 4.69) is 25.9 Å². The van der Waals surface area contributed by atoms with Crippen molar-refractivity contribution in [2.24, 2.45) is 0 Å². The molecule has 0 aliphatic rings. The average molecular weight is 459 g/mol. The van der Waals surface area contributed by atoms with Gasteiger partial charge < -0.3 is 20.7 Å². The summed E-state index contributed by atoms with van der Waals surface area (Å²) in [5, 5.41) is 8.97. The predicted octanol–water partition coefficient (Wildman–Crippen LogP) is 4.33. The molecule has 1 heterocycles. The molecule has 0 aliphatic heterocycles. The Hall–Kier alpha value is -3.82. The number of benzene rings is 2. The van der Waals surface area contributed by atoms with E-state index in [9.17, 15) is 18.0 Å². The van der Waals surface area contributed by atoms with Crippen LogP contribution < -0.4 is 20.7 Å². The van der Waals surface area contributed by atoms with Crippen molar-refractivity contribution < 1.29 is 22.7 Å². The molecule has 0 atom stereocenters. The number of hydrogen-bond donors (Lipinski definition) is 3. The summed E-state index contributed by atoms with van der Waals surface area (Å²) >= 11 is 0. The van der Waals surface area contributed by atoms with Gasteiger partial charge in [-0.1, -0.05) is 12.1 Å². The molecule has 33 heavy (non-hydrogen) atoms. The molecule has 0 fully saturated rings. The number of hydrogen-bond acceptors (Lipinski definition) is 6. The second-order valence-electron chi connectivity index (χ2n) is 7.22. The fourth-order valence-corrected chi connectivity index (χ4v) is 2.97. The van der Waals surface area contributed by atoms with Crippen LogP contribution in [0.3, 0.4) is 0 Å². The molecule has 2 aromatic carbocycles. The van der Waals surface area contributed by atoms with Crippen LogP contribution in [-0.2, 0) is 17.4 Å². The zero-order valence-electron chi connectivity index (χ0n) is 18.2. The third kappa shape index (κ3) is 7.37. The summed E-state index contributed by atoms with van der Waals surface area (Å²) in [7, 11) is 1.60. The molecule has 0 bridgehead atoms. The second kappa shape index (κ2) is 10.7. The third-order valence-electron chi connectivity index (χ3n) is 4.59. The molecule has 1 amide bonds. The molecule has 0 saturated carbocycles. The van der Waals surface area contributed by atoms with Crippen LogP contribution in [-0.4, -0.2) is 36.1 Å². The lowest BCUT2D eigenvalue weighted by molar-refractivity contribution is -0.137. The van der Waals surface area contributed by atoms with Gasteiger partial charge in [0.1, 0.15) is 11.6 Å². The molecule has 174 valence electrons. The van der Waals surface area contributed by atoms with Crippen molar-refractivity contribution in [3.8, 4) is 5.75 Å². The van der Waals surface area contributed by atoms with Crippen LogP contribution in [0.15, 0.2) is 54.6 Å². The van der Waals surface area contributed by atoms with E-state index in [1.807, 2.05) is 31.2 Å². The normalized spacial score (nSPS) is 11.1.